The lowest BCUT2D eigenvalue weighted by molar-refractivity contribution is -0.160. The third-order valence-corrected chi connectivity index (χ3v) is 5.41. The maximum atomic E-state index is 13.1. The number of carbonyl (C=O) groups is 2. The second kappa shape index (κ2) is 8.14. The predicted molar refractivity (Wildman–Crippen MR) is 98.8 cm³/mol. The summed E-state index contributed by atoms with van der Waals surface area (Å²) in [7, 11) is 1.61. The maximum absolute atomic E-state index is 13.1. The third kappa shape index (κ3) is 4.04. The van der Waals surface area contributed by atoms with Crippen molar-refractivity contribution in [3.8, 4) is 0 Å². The normalized spacial score (nSPS) is 22.7. The van der Waals surface area contributed by atoms with Gasteiger partial charge in [-0.1, -0.05) is 6.07 Å². The van der Waals surface area contributed by atoms with Crippen LogP contribution >= 0.6 is 0 Å². The van der Waals surface area contributed by atoms with Gasteiger partial charge in [0.25, 0.3) is 5.91 Å². The minimum absolute atomic E-state index is 0.0210. The van der Waals surface area contributed by atoms with Gasteiger partial charge in [0, 0.05) is 25.9 Å². The lowest BCUT2D eigenvalue weighted by Crippen LogP contribution is -2.57. The van der Waals surface area contributed by atoms with Gasteiger partial charge in [-0.15, -0.1) is 0 Å². The number of amides is 2. The van der Waals surface area contributed by atoms with Crippen molar-refractivity contribution in [3.63, 3.8) is 0 Å². The molecule has 3 heterocycles. The van der Waals surface area contributed by atoms with E-state index in [0.717, 1.165) is 31.6 Å². The first-order chi connectivity index (χ1) is 12.5. The first-order valence-electron chi connectivity index (χ1n) is 9.34. The second-order valence-electron chi connectivity index (χ2n) is 7.19. The summed E-state index contributed by atoms with van der Waals surface area (Å²) >= 11 is 0. The molecule has 142 valence electrons. The average molecular weight is 360 g/mol. The molecule has 2 fully saturated rings. The number of piperidine rings is 2. The Kier molecular flexibility index (Phi) is 5.88. The highest BCUT2D eigenvalue weighted by Gasteiger charge is 2.43. The van der Waals surface area contributed by atoms with Crippen molar-refractivity contribution in [1.29, 1.82) is 0 Å². The number of nitrogens with zero attached hydrogens (tertiary/aromatic N) is 2. The van der Waals surface area contributed by atoms with Crippen LogP contribution in [-0.2, 0) is 14.3 Å². The van der Waals surface area contributed by atoms with Gasteiger partial charge in [-0.25, -0.2) is 4.98 Å². The van der Waals surface area contributed by atoms with Gasteiger partial charge >= 0.3 is 0 Å². The molecule has 0 radical (unpaired) electrons. The standard InChI is InChI=1S/C19H28N4O3/c1-14-5-3-7-16(21-14)22-17(24)15-6-4-12-23(13-15)18(25)19(26-2)8-10-20-11-9-19/h3,5,7,15,20H,4,6,8-13H2,1-2H3,(H,21,22,24). The van der Waals surface area contributed by atoms with E-state index < -0.39 is 5.60 Å². The van der Waals surface area contributed by atoms with Crippen LogP contribution in [0, 0.1) is 12.8 Å². The zero-order valence-electron chi connectivity index (χ0n) is 15.6. The SMILES string of the molecule is COC1(C(=O)N2CCCC(C(=O)Nc3cccc(C)n3)C2)CCNCC1. The summed E-state index contributed by atoms with van der Waals surface area (Å²) in [6, 6.07) is 5.54. The van der Waals surface area contributed by atoms with E-state index in [1.54, 1.807) is 13.2 Å². The minimum atomic E-state index is -0.748. The van der Waals surface area contributed by atoms with E-state index in [1.807, 2.05) is 24.0 Å². The quantitative estimate of drug-likeness (QED) is 0.846. The molecule has 7 heteroatoms. The molecule has 2 N–H and O–H groups in total. The van der Waals surface area contributed by atoms with E-state index in [-0.39, 0.29) is 17.7 Å². The summed E-state index contributed by atoms with van der Waals surface area (Å²) in [5.41, 5.74) is 0.109. The third-order valence-electron chi connectivity index (χ3n) is 5.41. The van der Waals surface area contributed by atoms with Crippen molar-refractivity contribution in [2.75, 3.05) is 38.6 Å². The van der Waals surface area contributed by atoms with Crippen LogP contribution in [0.4, 0.5) is 5.82 Å². The van der Waals surface area contributed by atoms with Gasteiger partial charge in [-0.3, -0.25) is 9.59 Å². The molecule has 2 saturated heterocycles. The zero-order chi connectivity index (χ0) is 18.6. The summed E-state index contributed by atoms with van der Waals surface area (Å²) in [6.45, 7) is 4.56. The molecule has 3 rings (SSSR count). The monoisotopic (exact) mass is 360 g/mol. The minimum Gasteiger partial charge on any atom is -0.368 e. The molecule has 7 nitrogen and oxygen atoms in total. The van der Waals surface area contributed by atoms with Gasteiger partial charge in [0.15, 0.2) is 0 Å². The number of hydrogen-bond donors (Lipinski definition) is 2. The largest absolute Gasteiger partial charge is 0.368 e. The maximum Gasteiger partial charge on any atom is 0.254 e. The Hall–Kier alpha value is -1.99. The van der Waals surface area contributed by atoms with Gasteiger partial charge < -0.3 is 20.3 Å². The Labute approximate surface area is 154 Å². The molecular formula is C19H28N4O3. The van der Waals surface area contributed by atoms with Crippen LogP contribution in [0.5, 0.6) is 0 Å². The molecule has 2 amide bonds. The number of aryl methyl sites for hydroxylation is 1. The molecule has 1 aromatic rings. The predicted octanol–water partition coefficient (Wildman–Crippen LogP) is 1.34. The van der Waals surface area contributed by atoms with Crippen LogP contribution < -0.4 is 10.6 Å². The number of carbonyl (C=O) groups excluding carboxylic acids is 2. The highest BCUT2D eigenvalue weighted by molar-refractivity contribution is 5.93. The fourth-order valence-corrected chi connectivity index (χ4v) is 3.84. The van der Waals surface area contributed by atoms with Crippen molar-refractivity contribution in [1.82, 2.24) is 15.2 Å². The first kappa shape index (κ1) is 18.8. The van der Waals surface area contributed by atoms with Gasteiger partial charge in [0.05, 0.1) is 5.92 Å². The smallest absolute Gasteiger partial charge is 0.254 e. The number of hydrogen-bond acceptors (Lipinski definition) is 5. The number of anilines is 1. The highest BCUT2D eigenvalue weighted by Crippen LogP contribution is 2.28. The Morgan fingerprint density at radius 2 is 2.12 bits per heavy atom. The summed E-state index contributed by atoms with van der Waals surface area (Å²) in [5, 5.41) is 6.15. The number of methoxy groups -OCH3 is 1. The molecule has 1 aromatic heterocycles. The lowest BCUT2D eigenvalue weighted by atomic mass is 9.88. The van der Waals surface area contributed by atoms with E-state index >= 15 is 0 Å². The molecule has 2 aliphatic rings. The van der Waals surface area contributed by atoms with Crippen LogP contribution in [0.15, 0.2) is 18.2 Å². The van der Waals surface area contributed by atoms with Gasteiger partial charge in [-0.2, -0.15) is 0 Å². The molecule has 0 bridgehead atoms. The number of nitrogens with one attached hydrogen (secondary N) is 2. The van der Waals surface area contributed by atoms with E-state index in [9.17, 15) is 9.59 Å². The zero-order valence-corrected chi connectivity index (χ0v) is 15.6. The Bertz CT molecular complexity index is 658. The molecule has 1 unspecified atom stereocenters. The van der Waals surface area contributed by atoms with E-state index in [2.05, 4.69) is 15.6 Å². The van der Waals surface area contributed by atoms with Gasteiger partial charge in [0.2, 0.25) is 5.91 Å². The molecule has 26 heavy (non-hydrogen) atoms. The van der Waals surface area contributed by atoms with Gasteiger partial charge in [-0.05, 0) is 57.8 Å². The average Bonchev–Trinajstić information content (AvgIpc) is 2.68. The molecular weight excluding hydrogens is 332 g/mol. The molecule has 0 aliphatic carbocycles. The van der Waals surface area contributed by atoms with Crippen LogP contribution in [-0.4, -0.2) is 60.6 Å². The van der Waals surface area contributed by atoms with Crippen molar-refractivity contribution in [2.24, 2.45) is 5.92 Å². The topological polar surface area (TPSA) is 83.6 Å². The van der Waals surface area contributed by atoms with Crippen molar-refractivity contribution in [3.05, 3.63) is 23.9 Å². The van der Waals surface area contributed by atoms with Crippen LogP contribution in [0.3, 0.4) is 0 Å². The number of likely N-dealkylation sites (tertiary alicyclic amines) is 1. The second-order valence-corrected chi connectivity index (χ2v) is 7.19. The van der Waals surface area contributed by atoms with Crippen molar-refractivity contribution >= 4 is 17.6 Å². The summed E-state index contributed by atoms with van der Waals surface area (Å²) in [6.07, 6.45) is 2.94. The lowest BCUT2D eigenvalue weighted by Gasteiger charge is -2.41. The van der Waals surface area contributed by atoms with Gasteiger partial charge in [0.1, 0.15) is 11.4 Å². The highest BCUT2D eigenvalue weighted by atomic mass is 16.5. The Morgan fingerprint density at radius 3 is 2.81 bits per heavy atom. The number of pyridine rings is 1. The molecule has 0 aromatic carbocycles. The van der Waals surface area contributed by atoms with Crippen molar-refractivity contribution in [2.45, 2.75) is 38.2 Å². The number of ether oxygens (including phenoxy) is 1. The summed E-state index contributed by atoms with van der Waals surface area (Å²) in [4.78, 5) is 31.9. The molecule has 2 aliphatic heterocycles. The van der Waals surface area contributed by atoms with E-state index in [4.69, 9.17) is 4.74 Å². The van der Waals surface area contributed by atoms with Crippen LogP contribution in [0.2, 0.25) is 0 Å². The van der Waals surface area contributed by atoms with E-state index in [1.165, 1.54) is 0 Å². The molecule has 0 saturated carbocycles. The fourth-order valence-electron chi connectivity index (χ4n) is 3.84. The van der Waals surface area contributed by atoms with Crippen LogP contribution in [0.1, 0.15) is 31.4 Å². The number of aromatic nitrogens is 1. The van der Waals surface area contributed by atoms with Crippen LogP contribution in [0.25, 0.3) is 0 Å². The van der Waals surface area contributed by atoms with E-state index in [0.29, 0.717) is 31.7 Å². The molecule has 0 spiro atoms. The summed E-state index contributed by atoms with van der Waals surface area (Å²) < 4.78 is 5.66. The van der Waals surface area contributed by atoms with Crippen molar-refractivity contribution < 1.29 is 14.3 Å². The molecule has 1 atom stereocenters. The first-order valence-corrected chi connectivity index (χ1v) is 9.34. The summed E-state index contributed by atoms with van der Waals surface area (Å²) in [5.74, 6) is 0.292. The fraction of sp³-hybridized carbons (Fsp3) is 0.632. The number of rotatable bonds is 4. The Balaban J connectivity index is 1.64. The Morgan fingerprint density at radius 1 is 1.35 bits per heavy atom.